The van der Waals surface area contributed by atoms with Crippen LogP contribution in [0.3, 0.4) is 0 Å². The van der Waals surface area contributed by atoms with Crippen molar-refractivity contribution in [2.24, 2.45) is 0 Å². The predicted molar refractivity (Wildman–Crippen MR) is 140 cm³/mol. The van der Waals surface area contributed by atoms with Crippen molar-refractivity contribution in [1.82, 2.24) is 25.1 Å². The third-order valence-electron chi connectivity index (χ3n) is 8.08. The molecule has 1 amide bonds. The average molecular weight is 531 g/mol. The van der Waals surface area contributed by atoms with Crippen LogP contribution in [0.2, 0.25) is 0 Å². The summed E-state index contributed by atoms with van der Waals surface area (Å²) in [4.78, 5) is 28.8. The van der Waals surface area contributed by atoms with Gasteiger partial charge in [0.1, 0.15) is 11.5 Å². The molecule has 3 fully saturated rings. The third kappa shape index (κ3) is 6.29. The molecule has 0 spiro atoms. The van der Waals surface area contributed by atoms with Crippen molar-refractivity contribution in [1.29, 1.82) is 0 Å². The van der Waals surface area contributed by atoms with Crippen molar-refractivity contribution in [2.75, 3.05) is 37.6 Å². The average Bonchev–Trinajstić information content (AvgIpc) is 3.72. The van der Waals surface area contributed by atoms with Crippen LogP contribution in [0.4, 0.5) is 19.0 Å². The number of benzene rings is 1. The van der Waals surface area contributed by atoms with Crippen LogP contribution in [-0.2, 0) is 12.7 Å². The maximum Gasteiger partial charge on any atom is 0.416 e. The largest absolute Gasteiger partial charge is 0.416 e. The number of alkyl halides is 3. The highest BCUT2D eigenvalue weighted by atomic mass is 19.4. The summed E-state index contributed by atoms with van der Waals surface area (Å²) >= 11 is 0. The van der Waals surface area contributed by atoms with E-state index in [1.54, 1.807) is 18.3 Å². The van der Waals surface area contributed by atoms with Gasteiger partial charge in [-0.25, -0.2) is 9.97 Å². The van der Waals surface area contributed by atoms with Crippen LogP contribution >= 0.6 is 0 Å². The number of carbonyl (C=O) groups excluding carboxylic acids is 1. The van der Waals surface area contributed by atoms with Gasteiger partial charge < -0.3 is 10.2 Å². The minimum absolute atomic E-state index is 0.143. The highest BCUT2D eigenvalue weighted by Crippen LogP contribution is 2.30. The van der Waals surface area contributed by atoms with E-state index in [1.165, 1.54) is 12.1 Å². The molecule has 1 saturated carbocycles. The standard InChI is InChI=1S/C28H37F3N6O/c1-3-23-18-36(26-19(2)33-25(16-32-26)27(38)34-22-8-9-22)14-15-37(23)24-10-12-35(13-11-24)17-20-4-6-21(7-5-20)28(29,30)31/h4-7,16,22-24H,3,8-15,17-18H2,1-2H3,(H,34,38)/t23-/m0/s1. The Labute approximate surface area is 222 Å². The first-order valence-corrected chi connectivity index (χ1v) is 13.7. The lowest BCUT2D eigenvalue weighted by Gasteiger charge is -2.47. The topological polar surface area (TPSA) is 64.6 Å². The number of carbonyl (C=O) groups is 1. The van der Waals surface area contributed by atoms with Gasteiger partial charge >= 0.3 is 6.18 Å². The van der Waals surface area contributed by atoms with Crippen LogP contribution in [0.5, 0.6) is 0 Å². The lowest BCUT2D eigenvalue weighted by molar-refractivity contribution is -0.137. The first-order chi connectivity index (χ1) is 18.2. The van der Waals surface area contributed by atoms with Gasteiger partial charge in [0, 0.05) is 44.3 Å². The van der Waals surface area contributed by atoms with Crippen molar-refractivity contribution in [3.05, 3.63) is 53.0 Å². The van der Waals surface area contributed by atoms with Gasteiger partial charge in [-0.15, -0.1) is 0 Å². The molecule has 3 aliphatic rings. The number of nitrogens with zero attached hydrogens (tertiary/aromatic N) is 5. The summed E-state index contributed by atoms with van der Waals surface area (Å²) in [5.74, 6) is 0.716. The van der Waals surface area contributed by atoms with Gasteiger partial charge in [-0.05, 0) is 69.8 Å². The second-order valence-electron chi connectivity index (χ2n) is 10.9. The highest BCUT2D eigenvalue weighted by molar-refractivity contribution is 5.92. The van der Waals surface area contributed by atoms with Crippen LogP contribution in [0.15, 0.2) is 30.5 Å². The first-order valence-electron chi connectivity index (χ1n) is 13.7. The number of rotatable bonds is 7. The summed E-state index contributed by atoms with van der Waals surface area (Å²) in [7, 11) is 0. The maximum atomic E-state index is 12.8. The van der Waals surface area contributed by atoms with Gasteiger partial charge in [-0.2, -0.15) is 13.2 Å². The van der Waals surface area contributed by atoms with E-state index in [9.17, 15) is 18.0 Å². The lowest BCUT2D eigenvalue weighted by Crippen LogP contribution is -2.58. The number of amides is 1. The normalized spacial score (nSPS) is 22.0. The number of halogens is 3. The van der Waals surface area contributed by atoms with E-state index < -0.39 is 11.7 Å². The van der Waals surface area contributed by atoms with E-state index in [0.29, 0.717) is 30.4 Å². The Morgan fingerprint density at radius 2 is 1.76 bits per heavy atom. The smallest absolute Gasteiger partial charge is 0.352 e. The summed E-state index contributed by atoms with van der Waals surface area (Å²) in [5, 5.41) is 2.97. The monoisotopic (exact) mass is 530 g/mol. The Balaban J connectivity index is 1.14. The van der Waals surface area contributed by atoms with Crippen LogP contribution < -0.4 is 10.2 Å². The van der Waals surface area contributed by atoms with Gasteiger partial charge in [0.2, 0.25) is 0 Å². The highest BCUT2D eigenvalue weighted by Gasteiger charge is 2.34. The fourth-order valence-corrected chi connectivity index (χ4v) is 5.75. The van der Waals surface area contributed by atoms with Crippen LogP contribution in [0, 0.1) is 6.92 Å². The minimum Gasteiger partial charge on any atom is -0.352 e. The van der Waals surface area contributed by atoms with E-state index >= 15 is 0 Å². The summed E-state index contributed by atoms with van der Waals surface area (Å²) in [6.45, 7) is 9.42. The van der Waals surface area contributed by atoms with Crippen molar-refractivity contribution in [3.8, 4) is 0 Å². The molecule has 0 unspecified atom stereocenters. The van der Waals surface area contributed by atoms with Gasteiger partial charge in [0.15, 0.2) is 0 Å². The molecule has 206 valence electrons. The minimum atomic E-state index is -4.29. The van der Waals surface area contributed by atoms with Crippen molar-refractivity contribution in [2.45, 2.75) is 76.8 Å². The molecule has 2 saturated heterocycles. The number of likely N-dealkylation sites (tertiary alicyclic amines) is 1. The van der Waals surface area contributed by atoms with E-state index in [1.807, 2.05) is 6.92 Å². The number of aromatic nitrogens is 2. The number of nitrogens with one attached hydrogen (secondary N) is 1. The molecule has 0 bridgehead atoms. The number of hydrogen-bond acceptors (Lipinski definition) is 6. The molecule has 1 atom stereocenters. The SMILES string of the molecule is CC[C@H]1CN(c2ncc(C(=O)NC3CC3)nc2C)CCN1C1CCN(Cc2ccc(C(F)(F)F)cc2)CC1. The molecule has 10 heteroatoms. The second-order valence-corrected chi connectivity index (χ2v) is 10.9. The van der Waals surface area contributed by atoms with Gasteiger partial charge in [-0.1, -0.05) is 19.1 Å². The summed E-state index contributed by atoms with van der Waals surface area (Å²) in [5.41, 5.74) is 1.49. The molecule has 1 aliphatic carbocycles. The lowest BCUT2D eigenvalue weighted by atomic mass is 9.97. The molecule has 1 N–H and O–H groups in total. The Bertz CT molecular complexity index is 1110. The summed E-state index contributed by atoms with van der Waals surface area (Å²) in [6.07, 6.45) is 2.53. The molecule has 1 aromatic carbocycles. The number of piperazine rings is 1. The Kier molecular flexibility index (Phi) is 7.90. The number of aryl methyl sites for hydroxylation is 1. The third-order valence-corrected chi connectivity index (χ3v) is 8.08. The summed E-state index contributed by atoms with van der Waals surface area (Å²) < 4.78 is 38.5. The molecule has 2 aromatic rings. The predicted octanol–water partition coefficient (Wildman–Crippen LogP) is 4.26. The zero-order valence-corrected chi connectivity index (χ0v) is 22.2. The van der Waals surface area contributed by atoms with Gasteiger partial charge in [0.05, 0.1) is 17.5 Å². The molecular formula is C28H37F3N6O. The Morgan fingerprint density at radius 1 is 1.05 bits per heavy atom. The Hall–Kier alpha value is -2.72. The van der Waals surface area contributed by atoms with Crippen molar-refractivity contribution in [3.63, 3.8) is 0 Å². The molecule has 2 aliphatic heterocycles. The number of hydrogen-bond donors (Lipinski definition) is 1. The van der Waals surface area contributed by atoms with E-state index in [4.69, 9.17) is 0 Å². The maximum absolute atomic E-state index is 12.8. The fraction of sp³-hybridized carbons (Fsp3) is 0.607. The molecule has 5 rings (SSSR count). The zero-order valence-electron chi connectivity index (χ0n) is 22.2. The van der Waals surface area contributed by atoms with E-state index in [-0.39, 0.29) is 5.91 Å². The van der Waals surface area contributed by atoms with Crippen molar-refractivity contribution < 1.29 is 18.0 Å². The number of piperidine rings is 1. The molecular weight excluding hydrogens is 493 g/mol. The summed E-state index contributed by atoms with van der Waals surface area (Å²) in [6, 6.07) is 6.75. The van der Waals surface area contributed by atoms with Crippen LogP contribution in [0.25, 0.3) is 0 Å². The van der Waals surface area contributed by atoms with Crippen LogP contribution in [0.1, 0.15) is 66.3 Å². The molecule has 0 radical (unpaired) electrons. The molecule has 7 nitrogen and oxygen atoms in total. The Morgan fingerprint density at radius 3 is 2.37 bits per heavy atom. The first kappa shape index (κ1) is 26.9. The second kappa shape index (κ2) is 11.2. The number of anilines is 1. The van der Waals surface area contributed by atoms with Crippen LogP contribution in [-0.4, -0.2) is 76.5 Å². The van der Waals surface area contributed by atoms with E-state index in [0.717, 1.165) is 81.9 Å². The van der Waals surface area contributed by atoms with Crippen molar-refractivity contribution >= 4 is 11.7 Å². The fourth-order valence-electron chi connectivity index (χ4n) is 5.75. The zero-order chi connectivity index (χ0) is 26.9. The molecule has 3 heterocycles. The quantitative estimate of drug-likeness (QED) is 0.577. The van der Waals surface area contributed by atoms with E-state index in [2.05, 4.69) is 36.9 Å². The van der Waals surface area contributed by atoms with Gasteiger partial charge in [-0.3, -0.25) is 14.6 Å². The molecule has 38 heavy (non-hydrogen) atoms. The molecule has 1 aromatic heterocycles. The van der Waals surface area contributed by atoms with Gasteiger partial charge in [0.25, 0.3) is 5.91 Å².